The van der Waals surface area contributed by atoms with Crippen LogP contribution in [-0.4, -0.2) is 17.6 Å². The minimum Gasteiger partial charge on any atom is -0.489 e. The van der Waals surface area contributed by atoms with Crippen LogP contribution in [0.3, 0.4) is 0 Å². The van der Waals surface area contributed by atoms with E-state index in [0.29, 0.717) is 36.0 Å². The van der Waals surface area contributed by atoms with Crippen molar-refractivity contribution in [1.82, 2.24) is 4.98 Å². The average molecular weight is 400 g/mol. The number of nitrogens with zero attached hydrogens (tertiary/aromatic N) is 1. The van der Waals surface area contributed by atoms with E-state index in [1.807, 2.05) is 6.07 Å². The number of hydrogen-bond donors (Lipinski definition) is 0. The minimum atomic E-state index is -0.407. The average Bonchev–Trinajstić information content (AvgIpc) is 2.69. The Morgan fingerprint density at radius 3 is 2.61 bits per heavy atom. The molecule has 1 heterocycles. The standard InChI is InChI=1S/C22H19ClFNO3/c1-2-27-22(26)18-10-16(12-25-13-18)9-17-11-19(23)5-8-21(17)28-14-15-3-6-20(24)7-4-15/h3-8,10-13H,2,9,14H2,1H3. The highest BCUT2D eigenvalue weighted by Crippen LogP contribution is 2.26. The van der Waals surface area contributed by atoms with Gasteiger partial charge in [-0.2, -0.15) is 0 Å². The first kappa shape index (κ1) is 19.8. The molecule has 0 radical (unpaired) electrons. The number of carbonyl (C=O) groups is 1. The third-order valence-corrected chi connectivity index (χ3v) is 4.27. The lowest BCUT2D eigenvalue weighted by molar-refractivity contribution is 0.0525. The van der Waals surface area contributed by atoms with Crippen LogP contribution in [0.15, 0.2) is 60.9 Å². The SMILES string of the molecule is CCOC(=O)c1cncc(Cc2cc(Cl)ccc2OCc2ccc(F)cc2)c1. The van der Waals surface area contributed by atoms with Crippen LogP contribution in [0.1, 0.15) is 34.0 Å². The molecular weight excluding hydrogens is 381 g/mol. The van der Waals surface area contributed by atoms with Crippen molar-refractivity contribution in [3.8, 4) is 5.75 Å². The Hall–Kier alpha value is -2.92. The molecule has 1 aromatic heterocycles. The monoisotopic (exact) mass is 399 g/mol. The van der Waals surface area contributed by atoms with Gasteiger partial charge in [0, 0.05) is 29.4 Å². The van der Waals surface area contributed by atoms with Crippen LogP contribution in [0, 0.1) is 5.82 Å². The molecule has 0 fully saturated rings. The van der Waals surface area contributed by atoms with Gasteiger partial charge in [0.15, 0.2) is 0 Å². The second-order valence-electron chi connectivity index (χ2n) is 6.15. The summed E-state index contributed by atoms with van der Waals surface area (Å²) < 4.78 is 24.0. The van der Waals surface area contributed by atoms with Crippen molar-refractivity contribution in [3.63, 3.8) is 0 Å². The molecule has 0 aliphatic rings. The van der Waals surface area contributed by atoms with Gasteiger partial charge >= 0.3 is 5.97 Å². The summed E-state index contributed by atoms with van der Waals surface area (Å²) in [5.41, 5.74) is 2.94. The number of hydrogen-bond acceptors (Lipinski definition) is 4. The molecule has 28 heavy (non-hydrogen) atoms. The van der Waals surface area contributed by atoms with Crippen molar-refractivity contribution in [2.75, 3.05) is 6.61 Å². The molecule has 3 aromatic rings. The zero-order chi connectivity index (χ0) is 19.9. The first-order valence-corrected chi connectivity index (χ1v) is 9.19. The Morgan fingerprint density at radius 1 is 1.07 bits per heavy atom. The number of aromatic nitrogens is 1. The molecule has 0 unspecified atom stereocenters. The quantitative estimate of drug-likeness (QED) is 0.511. The molecule has 0 N–H and O–H groups in total. The summed E-state index contributed by atoms with van der Waals surface area (Å²) in [6.07, 6.45) is 3.65. The van der Waals surface area contributed by atoms with E-state index in [0.717, 1.165) is 16.7 Å². The molecule has 0 amide bonds. The minimum absolute atomic E-state index is 0.287. The van der Waals surface area contributed by atoms with Gasteiger partial charge < -0.3 is 9.47 Å². The number of benzene rings is 2. The normalized spacial score (nSPS) is 10.5. The molecule has 6 heteroatoms. The Bertz CT molecular complexity index is 960. The van der Waals surface area contributed by atoms with Crippen LogP contribution in [0.25, 0.3) is 0 Å². The molecule has 0 aliphatic heterocycles. The number of carbonyl (C=O) groups excluding carboxylic acids is 1. The van der Waals surface area contributed by atoms with Gasteiger partial charge in [-0.1, -0.05) is 23.7 Å². The lowest BCUT2D eigenvalue weighted by Gasteiger charge is -2.13. The first-order chi connectivity index (χ1) is 13.5. The van der Waals surface area contributed by atoms with Crippen LogP contribution in [0.2, 0.25) is 5.02 Å². The van der Waals surface area contributed by atoms with Gasteiger partial charge in [0.05, 0.1) is 12.2 Å². The third kappa shape index (κ3) is 5.30. The molecule has 0 atom stereocenters. The fourth-order valence-electron chi connectivity index (χ4n) is 2.70. The zero-order valence-corrected chi connectivity index (χ0v) is 16.1. The Balaban J connectivity index is 1.78. The Labute approximate surface area is 167 Å². The maximum Gasteiger partial charge on any atom is 0.339 e. The Morgan fingerprint density at radius 2 is 1.86 bits per heavy atom. The van der Waals surface area contributed by atoms with Crippen molar-refractivity contribution in [2.45, 2.75) is 20.0 Å². The van der Waals surface area contributed by atoms with E-state index < -0.39 is 5.97 Å². The van der Waals surface area contributed by atoms with Gasteiger partial charge in [0.1, 0.15) is 18.2 Å². The summed E-state index contributed by atoms with van der Waals surface area (Å²) in [6.45, 7) is 2.36. The molecule has 2 aromatic carbocycles. The summed E-state index contributed by atoms with van der Waals surface area (Å²) in [5, 5.41) is 0.582. The van der Waals surface area contributed by atoms with Gasteiger partial charge in [0.25, 0.3) is 0 Å². The van der Waals surface area contributed by atoms with Crippen LogP contribution < -0.4 is 4.74 Å². The van der Waals surface area contributed by atoms with E-state index in [-0.39, 0.29) is 5.82 Å². The summed E-state index contributed by atoms with van der Waals surface area (Å²) in [7, 11) is 0. The number of halogens is 2. The summed E-state index contributed by atoms with van der Waals surface area (Å²) >= 11 is 6.15. The fourth-order valence-corrected chi connectivity index (χ4v) is 2.89. The lowest BCUT2D eigenvalue weighted by atomic mass is 10.0. The molecule has 144 valence electrons. The van der Waals surface area contributed by atoms with E-state index in [9.17, 15) is 9.18 Å². The Kier molecular flexibility index (Phi) is 6.61. The molecule has 3 rings (SSSR count). The predicted molar refractivity (Wildman–Crippen MR) is 105 cm³/mol. The van der Waals surface area contributed by atoms with Gasteiger partial charge in [-0.25, -0.2) is 9.18 Å². The van der Waals surface area contributed by atoms with Crippen LogP contribution in [-0.2, 0) is 17.8 Å². The van der Waals surface area contributed by atoms with Crippen molar-refractivity contribution < 1.29 is 18.7 Å². The topological polar surface area (TPSA) is 48.4 Å². The maximum absolute atomic E-state index is 13.0. The highest BCUT2D eigenvalue weighted by atomic mass is 35.5. The molecule has 0 aliphatic carbocycles. The molecule has 4 nitrogen and oxygen atoms in total. The third-order valence-electron chi connectivity index (χ3n) is 4.03. The second kappa shape index (κ2) is 9.33. The van der Waals surface area contributed by atoms with E-state index >= 15 is 0 Å². The number of pyridine rings is 1. The van der Waals surface area contributed by atoms with Crippen LogP contribution >= 0.6 is 11.6 Å². The summed E-state index contributed by atoms with van der Waals surface area (Å²) in [6, 6.07) is 13.3. The van der Waals surface area contributed by atoms with E-state index in [1.165, 1.54) is 18.3 Å². The molecular formula is C22H19ClFNO3. The molecule has 0 saturated carbocycles. The van der Waals surface area contributed by atoms with Crippen LogP contribution in [0.5, 0.6) is 5.75 Å². The van der Waals surface area contributed by atoms with Crippen molar-refractivity contribution in [3.05, 3.63) is 94.0 Å². The predicted octanol–water partition coefficient (Wildman–Crippen LogP) is 5.22. The van der Waals surface area contributed by atoms with E-state index in [4.69, 9.17) is 21.1 Å². The number of esters is 1. The van der Waals surface area contributed by atoms with Gasteiger partial charge in [-0.3, -0.25) is 4.98 Å². The number of ether oxygens (including phenoxy) is 2. The largest absolute Gasteiger partial charge is 0.489 e. The van der Waals surface area contributed by atoms with E-state index in [1.54, 1.807) is 43.5 Å². The second-order valence-corrected chi connectivity index (χ2v) is 6.58. The molecule has 0 saturated heterocycles. The van der Waals surface area contributed by atoms with Gasteiger partial charge in [-0.05, 0) is 54.4 Å². The molecule has 0 spiro atoms. The lowest BCUT2D eigenvalue weighted by Crippen LogP contribution is -2.06. The molecule has 0 bridgehead atoms. The highest BCUT2D eigenvalue weighted by Gasteiger charge is 2.11. The first-order valence-electron chi connectivity index (χ1n) is 8.82. The summed E-state index contributed by atoms with van der Waals surface area (Å²) in [4.78, 5) is 16.0. The van der Waals surface area contributed by atoms with Crippen molar-refractivity contribution >= 4 is 17.6 Å². The van der Waals surface area contributed by atoms with Crippen molar-refractivity contribution in [1.29, 1.82) is 0 Å². The number of rotatable bonds is 7. The van der Waals surface area contributed by atoms with Crippen LogP contribution in [0.4, 0.5) is 4.39 Å². The maximum atomic E-state index is 13.0. The highest BCUT2D eigenvalue weighted by molar-refractivity contribution is 6.30. The fraction of sp³-hybridized carbons (Fsp3) is 0.182. The van der Waals surface area contributed by atoms with E-state index in [2.05, 4.69) is 4.98 Å². The van der Waals surface area contributed by atoms with Gasteiger partial charge in [0.2, 0.25) is 0 Å². The zero-order valence-electron chi connectivity index (χ0n) is 15.3. The van der Waals surface area contributed by atoms with Gasteiger partial charge in [-0.15, -0.1) is 0 Å². The smallest absolute Gasteiger partial charge is 0.339 e. The summed E-state index contributed by atoms with van der Waals surface area (Å²) in [5.74, 6) is -0.0316. The van der Waals surface area contributed by atoms with Crippen molar-refractivity contribution in [2.24, 2.45) is 0 Å².